The first kappa shape index (κ1) is 14.6. The molecule has 2 nitrogen and oxygen atoms in total. The summed E-state index contributed by atoms with van der Waals surface area (Å²) in [6, 6.07) is 17.4. The van der Waals surface area contributed by atoms with Crippen molar-refractivity contribution in [2.24, 2.45) is 0 Å². The molecule has 0 aromatic heterocycles. The molecule has 0 fully saturated rings. The molecule has 2 rings (SSSR count). The van der Waals surface area contributed by atoms with Crippen LogP contribution in [0.2, 0.25) is 5.02 Å². The van der Waals surface area contributed by atoms with Crippen LogP contribution in [-0.4, -0.2) is 12.5 Å². The minimum Gasteiger partial charge on any atom is -0.313 e. The van der Waals surface area contributed by atoms with Crippen LogP contribution in [0.4, 0.5) is 5.69 Å². The average molecular weight is 288 g/mol. The molecule has 2 aromatic carbocycles. The maximum absolute atomic E-state index is 12.3. The number of aryl methyl sites for hydroxylation is 1. The highest BCUT2D eigenvalue weighted by atomic mass is 35.5. The first-order valence-corrected chi connectivity index (χ1v) is 7.18. The second-order valence-electron chi connectivity index (χ2n) is 4.60. The Labute approximate surface area is 125 Å². The molecule has 0 atom stereocenters. The van der Waals surface area contributed by atoms with Gasteiger partial charge in [-0.25, -0.2) is 0 Å². The molecule has 0 bridgehead atoms. The summed E-state index contributed by atoms with van der Waals surface area (Å²) >= 11 is 5.85. The number of amides is 1. The van der Waals surface area contributed by atoms with Gasteiger partial charge in [0, 0.05) is 23.7 Å². The van der Waals surface area contributed by atoms with Crippen molar-refractivity contribution in [3.8, 4) is 0 Å². The van der Waals surface area contributed by atoms with Crippen molar-refractivity contribution < 1.29 is 4.79 Å². The average Bonchev–Trinajstić information content (AvgIpc) is 2.48. The lowest BCUT2D eigenvalue weighted by atomic mass is 10.1. The van der Waals surface area contributed by atoms with E-state index in [0.717, 1.165) is 22.7 Å². The summed E-state index contributed by atoms with van der Waals surface area (Å²) in [6.45, 7) is 2.68. The van der Waals surface area contributed by atoms with Gasteiger partial charge in [-0.1, -0.05) is 41.9 Å². The van der Waals surface area contributed by atoms with E-state index in [-0.39, 0.29) is 5.91 Å². The fourth-order valence-electron chi connectivity index (χ4n) is 2.15. The molecule has 0 saturated heterocycles. The number of halogens is 1. The van der Waals surface area contributed by atoms with E-state index >= 15 is 0 Å². The van der Waals surface area contributed by atoms with Gasteiger partial charge < -0.3 is 4.90 Å². The molecule has 0 radical (unpaired) electrons. The number of carbonyl (C=O) groups is 1. The van der Waals surface area contributed by atoms with E-state index in [1.807, 2.05) is 66.4 Å². The maximum atomic E-state index is 12.3. The summed E-state index contributed by atoms with van der Waals surface area (Å²) < 4.78 is 0. The quantitative estimate of drug-likeness (QED) is 0.802. The van der Waals surface area contributed by atoms with Gasteiger partial charge in [0.2, 0.25) is 5.91 Å². The van der Waals surface area contributed by atoms with Crippen LogP contribution in [0, 0.1) is 0 Å². The number of benzene rings is 2. The van der Waals surface area contributed by atoms with Gasteiger partial charge in [0.1, 0.15) is 0 Å². The van der Waals surface area contributed by atoms with Crippen molar-refractivity contribution in [3.05, 3.63) is 65.2 Å². The number of rotatable bonds is 5. The lowest BCUT2D eigenvalue weighted by Gasteiger charge is -2.21. The van der Waals surface area contributed by atoms with Crippen LogP contribution < -0.4 is 4.90 Å². The van der Waals surface area contributed by atoms with Crippen LogP contribution in [-0.2, 0) is 11.2 Å². The fourth-order valence-corrected chi connectivity index (χ4v) is 2.27. The van der Waals surface area contributed by atoms with E-state index in [1.165, 1.54) is 0 Å². The van der Waals surface area contributed by atoms with Crippen LogP contribution in [0.3, 0.4) is 0 Å². The summed E-state index contributed by atoms with van der Waals surface area (Å²) in [6.07, 6.45) is 1.24. The smallest absolute Gasteiger partial charge is 0.227 e. The molecule has 0 aliphatic carbocycles. The number of anilines is 1. The first-order chi connectivity index (χ1) is 9.70. The molecule has 0 N–H and O–H groups in total. The van der Waals surface area contributed by atoms with Gasteiger partial charge in [-0.05, 0) is 43.2 Å². The zero-order chi connectivity index (χ0) is 14.4. The standard InChI is InChI=1S/C17H18ClNO/c1-2-19(16-6-4-3-5-7-16)17(20)13-10-14-8-11-15(18)12-9-14/h3-9,11-12H,2,10,13H2,1H3. The molecule has 3 heteroatoms. The topological polar surface area (TPSA) is 20.3 Å². The molecule has 0 spiro atoms. The second-order valence-corrected chi connectivity index (χ2v) is 5.04. The highest BCUT2D eigenvalue weighted by Crippen LogP contribution is 2.16. The summed E-state index contributed by atoms with van der Waals surface area (Å²) in [4.78, 5) is 14.1. The molecule has 0 heterocycles. The Morgan fingerprint density at radius 3 is 2.30 bits per heavy atom. The van der Waals surface area contributed by atoms with Crippen LogP contribution in [0.5, 0.6) is 0 Å². The third-order valence-corrected chi connectivity index (χ3v) is 3.48. The van der Waals surface area contributed by atoms with Gasteiger partial charge in [-0.3, -0.25) is 4.79 Å². The van der Waals surface area contributed by atoms with Crippen molar-refractivity contribution in [3.63, 3.8) is 0 Å². The van der Waals surface area contributed by atoms with Gasteiger partial charge in [0.05, 0.1) is 0 Å². The normalized spacial score (nSPS) is 10.3. The molecular weight excluding hydrogens is 270 g/mol. The number of para-hydroxylation sites is 1. The number of nitrogens with zero attached hydrogens (tertiary/aromatic N) is 1. The molecule has 2 aromatic rings. The molecule has 0 aliphatic rings. The van der Waals surface area contributed by atoms with Crippen LogP contribution in [0.15, 0.2) is 54.6 Å². The van der Waals surface area contributed by atoms with E-state index in [2.05, 4.69) is 0 Å². The number of carbonyl (C=O) groups excluding carboxylic acids is 1. The molecule has 0 aliphatic heterocycles. The minimum atomic E-state index is 0.147. The lowest BCUT2D eigenvalue weighted by molar-refractivity contribution is -0.118. The van der Waals surface area contributed by atoms with Crippen molar-refractivity contribution in [2.75, 3.05) is 11.4 Å². The Balaban J connectivity index is 1.98. The largest absolute Gasteiger partial charge is 0.313 e. The van der Waals surface area contributed by atoms with Crippen molar-refractivity contribution >= 4 is 23.2 Å². The Hall–Kier alpha value is -1.80. The van der Waals surface area contributed by atoms with Gasteiger partial charge in [0.25, 0.3) is 0 Å². The zero-order valence-corrected chi connectivity index (χ0v) is 12.3. The van der Waals surface area contributed by atoms with Crippen LogP contribution >= 0.6 is 11.6 Å². The molecule has 20 heavy (non-hydrogen) atoms. The first-order valence-electron chi connectivity index (χ1n) is 6.80. The Morgan fingerprint density at radius 1 is 1.05 bits per heavy atom. The van der Waals surface area contributed by atoms with Gasteiger partial charge in [-0.2, -0.15) is 0 Å². The van der Waals surface area contributed by atoms with Gasteiger partial charge >= 0.3 is 0 Å². The summed E-state index contributed by atoms with van der Waals surface area (Å²) in [5.74, 6) is 0.147. The second kappa shape index (κ2) is 7.11. The molecule has 104 valence electrons. The van der Waals surface area contributed by atoms with E-state index in [1.54, 1.807) is 0 Å². The highest BCUT2D eigenvalue weighted by Gasteiger charge is 2.13. The highest BCUT2D eigenvalue weighted by molar-refractivity contribution is 6.30. The van der Waals surface area contributed by atoms with E-state index in [0.29, 0.717) is 13.0 Å². The van der Waals surface area contributed by atoms with Gasteiger partial charge in [0.15, 0.2) is 0 Å². The van der Waals surface area contributed by atoms with Crippen molar-refractivity contribution in [2.45, 2.75) is 19.8 Å². The predicted molar refractivity (Wildman–Crippen MR) is 84.2 cm³/mol. The molecular formula is C17H18ClNO. The fraction of sp³-hybridized carbons (Fsp3) is 0.235. The van der Waals surface area contributed by atoms with Crippen molar-refractivity contribution in [1.82, 2.24) is 0 Å². The Morgan fingerprint density at radius 2 is 1.70 bits per heavy atom. The van der Waals surface area contributed by atoms with E-state index in [4.69, 9.17) is 11.6 Å². The van der Waals surface area contributed by atoms with E-state index < -0.39 is 0 Å². The summed E-state index contributed by atoms with van der Waals surface area (Å²) in [5, 5.41) is 0.722. The zero-order valence-electron chi connectivity index (χ0n) is 11.6. The predicted octanol–water partition coefficient (Wildman–Crippen LogP) is 4.33. The van der Waals surface area contributed by atoms with E-state index in [9.17, 15) is 4.79 Å². The monoisotopic (exact) mass is 287 g/mol. The Bertz CT molecular complexity index is 551. The third kappa shape index (κ3) is 3.84. The SMILES string of the molecule is CCN(C(=O)CCc1ccc(Cl)cc1)c1ccccc1. The van der Waals surface area contributed by atoms with Crippen LogP contribution in [0.25, 0.3) is 0 Å². The summed E-state index contributed by atoms with van der Waals surface area (Å²) in [7, 11) is 0. The lowest BCUT2D eigenvalue weighted by Crippen LogP contribution is -2.30. The molecule has 0 unspecified atom stereocenters. The van der Waals surface area contributed by atoms with Crippen molar-refractivity contribution in [1.29, 1.82) is 0 Å². The number of hydrogen-bond donors (Lipinski definition) is 0. The number of hydrogen-bond acceptors (Lipinski definition) is 1. The van der Waals surface area contributed by atoms with Crippen LogP contribution in [0.1, 0.15) is 18.9 Å². The molecule has 0 saturated carbocycles. The Kier molecular flexibility index (Phi) is 5.19. The third-order valence-electron chi connectivity index (χ3n) is 3.23. The minimum absolute atomic E-state index is 0.147. The van der Waals surface area contributed by atoms with Gasteiger partial charge in [-0.15, -0.1) is 0 Å². The molecule has 1 amide bonds. The summed E-state index contributed by atoms with van der Waals surface area (Å²) in [5.41, 5.74) is 2.09. The maximum Gasteiger partial charge on any atom is 0.227 e.